The molecule has 0 radical (unpaired) electrons. The summed E-state index contributed by atoms with van der Waals surface area (Å²) in [6.07, 6.45) is 0.495. The van der Waals surface area contributed by atoms with Gasteiger partial charge in [0.05, 0.1) is 13.2 Å². The Labute approximate surface area is 106 Å². The average Bonchev–Trinajstić information content (AvgIpc) is 2.14. The number of rotatable bonds is 2. The van der Waals surface area contributed by atoms with Crippen LogP contribution in [0.3, 0.4) is 0 Å². The van der Waals surface area contributed by atoms with Crippen molar-refractivity contribution in [2.75, 3.05) is 19.7 Å². The van der Waals surface area contributed by atoms with Crippen molar-refractivity contribution in [1.82, 2.24) is 5.32 Å². The average molecular weight is 295 g/mol. The second kappa shape index (κ2) is 6.73. The summed E-state index contributed by atoms with van der Waals surface area (Å²) in [6.45, 7) is 7.21. The summed E-state index contributed by atoms with van der Waals surface area (Å²) >= 11 is 0. The van der Waals surface area contributed by atoms with Crippen molar-refractivity contribution >= 4 is 29.0 Å². The molecular weight excluding hydrogens is 276 g/mol. The van der Waals surface area contributed by atoms with E-state index in [1.165, 1.54) is 0 Å². The molecule has 0 aliphatic carbocycles. The highest BCUT2D eigenvalue weighted by molar-refractivity contribution is 8.93. The number of halogens is 1. The number of nitrogens with zero attached hydrogens (tertiary/aromatic N) is 1. The third-order valence-corrected chi connectivity index (χ3v) is 1.64. The molecule has 0 unspecified atom stereocenters. The first kappa shape index (κ1) is 15.2. The van der Waals surface area contributed by atoms with Crippen LogP contribution in [0, 0.1) is 0 Å². The molecule has 16 heavy (non-hydrogen) atoms. The van der Waals surface area contributed by atoms with Gasteiger partial charge in [-0.05, 0) is 20.8 Å². The highest BCUT2D eigenvalue weighted by Crippen LogP contribution is 2.06. The van der Waals surface area contributed by atoms with Crippen molar-refractivity contribution < 1.29 is 14.3 Å². The van der Waals surface area contributed by atoms with Gasteiger partial charge < -0.3 is 14.8 Å². The zero-order chi connectivity index (χ0) is 11.3. The van der Waals surface area contributed by atoms with E-state index < -0.39 is 11.7 Å². The molecule has 6 heteroatoms. The number of hydrogen-bond donors (Lipinski definition) is 1. The highest BCUT2D eigenvalue weighted by atomic mass is 79.9. The number of hydrogen-bond acceptors (Lipinski definition) is 4. The quantitative estimate of drug-likeness (QED) is 0.846. The maximum atomic E-state index is 11.3. The Bertz CT molecular complexity index is 261. The van der Waals surface area contributed by atoms with Gasteiger partial charge >= 0.3 is 6.09 Å². The minimum Gasteiger partial charge on any atom is -0.480 e. The first-order valence-corrected chi connectivity index (χ1v) is 5.10. The van der Waals surface area contributed by atoms with Gasteiger partial charge in [0.15, 0.2) is 0 Å². The van der Waals surface area contributed by atoms with Gasteiger partial charge in [0, 0.05) is 13.0 Å². The van der Waals surface area contributed by atoms with Crippen LogP contribution in [0.1, 0.15) is 27.2 Å². The van der Waals surface area contributed by atoms with Gasteiger partial charge in [-0.3, -0.25) is 4.99 Å². The molecule has 0 bridgehead atoms. The second-order valence-corrected chi connectivity index (χ2v) is 4.33. The molecule has 1 amide bonds. The summed E-state index contributed by atoms with van der Waals surface area (Å²) in [5.74, 6) is 0.576. The Kier molecular flexibility index (Phi) is 6.40. The Morgan fingerprint density at radius 1 is 1.56 bits per heavy atom. The van der Waals surface area contributed by atoms with Crippen LogP contribution >= 0.6 is 17.0 Å². The van der Waals surface area contributed by atoms with Gasteiger partial charge in [-0.2, -0.15) is 0 Å². The zero-order valence-corrected chi connectivity index (χ0v) is 11.6. The lowest BCUT2D eigenvalue weighted by Crippen LogP contribution is -2.36. The van der Waals surface area contributed by atoms with Gasteiger partial charge in [0.25, 0.3) is 0 Å². The van der Waals surface area contributed by atoms with Crippen LogP contribution in [-0.2, 0) is 9.47 Å². The lowest BCUT2D eigenvalue weighted by atomic mass is 10.2. The van der Waals surface area contributed by atoms with Gasteiger partial charge in [-0.15, -0.1) is 17.0 Å². The summed E-state index contributed by atoms with van der Waals surface area (Å²) in [4.78, 5) is 15.4. The third-order valence-electron chi connectivity index (χ3n) is 1.64. The molecule has 0 fully saturated rings. The summed E-state index contributed by atoms with van der Waals surface area (Å²) in [7, 11) is 0. The number of carbonyl (C=O) groups excluding carboxylic acids is 1. The number of alkyl carbamates (subject to hydrolysis) is 1. The number of amides is 1. The molecule has 1 aliphatic heterocycles. The number of aliphatic imine (C=N–C) groups is 1. The number of nitrogens with one attached hydrogen (secondary N) is 1. The molecule has 1 rings (SSSR count). The topological polar surface area (TPSA) is 59.9 Å². The number of carbonyl (C=O) groups is 1. The van der Waals surface area contributed by atoms with Crippen LogP contribution in [0.5, 0.6) is 0 Å². The standard InChI is InChI=1S/C10H18N2O3.BrH/c1-10(2,3)15-9(13)12-7-8-11-5-4-6-14-8;/h4-7H2,1-3H3,(H,12,13);1H. The lowest BCUT2D eigenvalue weighted by molar-refractivity contribution is 0.0532. The molecule has 0 aromatic heterocycles. The van der Waals surface area contributed by atoms with Crippen LogP contribution in [0.4, 0.5) is 4.79 Å². The van der Waals surface area contributed by atoms with Crippen molar-refractivity contribution in [3.8, 4) is 0 Å². The first-order chi connectivity index (χ1) is 6.97. The highest BCUT2D eigenvalue weighted by Gasteiger charge is 2.16. The smallest absolute Gasteiger partial charge is 0.408 e. The first-order valence-electron chi connectivity index (χ1n) is 5.10. The normalized spacial score (nSPS) is 15.3. The third kappa shape index (κ3) is 6.66. The van der Waals surface area contributed by atoms with Crippen LogP contribution < -0.4 is 5.32 Å². The molecule has 0 spiro atoms. The predicted octanol–water partition coefficient (Wildman–Crippen LogP) is 1.91. The van der Waals surface area contributed by atoms with Gasteiger partial charge in [-0.25, -0.2) is 4.79 Å². The number of ether oxygens (including phenoxy) is 2. The monoisotopic (exact) mass is 294 g/mol. The Balaban J connectivity index is 0.00000225. The van der Waals surface area contributed by atoms with E-state index in [1.807, 2.05) is 20.8 Å². The van der Waals surface area contributed by atoms with Crippen molar-refractivity contribution in [3.63, 3.8) is 0 Å². The van der Waals surface area contributed by atoms with Crippen LogP contribution in [0.15, 0.2) is 4.99 Å². The van der Waals surface area contributed by atoms with Crippen molar-refractivity contribution in [1.29, 1.82) is 0 Å². The largest absolute Gasteiger partial charge is 0.480 e. The molecule has 5 nitrogen and oxygen atoms in total. The maximum absolute atomic E-state index is 11.3. The van der Waals surface area contributed by atoms with Crippen LogP contribution in [-0.4, -0.2) is 37.3 Å². The van der Waals surface area contributed by atoms with Gasteiger partial charge in [-0.1, -0.05) is 0 Å². The van der Waals surface area contributed by atoms with E-state index in [2.05, 4.69) is 10.3 Å². The molecule has 1 heterocycles. The summed E-state index contributed by atoms with van der Waals surface area (Å²) in [5, 5.41) is 2.59. The van der Waals surface area contributed by atoms with E-state index in [9.17, 15) is 4.79 Å². The molecule has 94 valence electrons. The molecule has 1 N–H and O–H groups in total. The molecule has 0 aromatic carbocycles. The van der Waals surface area contributed by atoms with Crippen LogP contribution in [0.25, 0.3) is 0 Å². The fraction of sp³-hybridized carbons (Fsp3) is 0.800. The zero-order valence-electron chi connectivity index (χ0n) is 9.91. The van der Waals surface area contributed by atoms with Crippen molar-refractivity contribution in [2.24, 2.45) is 4.99 Å². The van der Waals surface area contributed by atoms with Gasteiger partial charge in [0.1, 0.15) is 5.60 Å². The maximum Gasteiger partial charge on any atom is 0.408 e. The molecular formula is C10H19BrN2O3. The van der Waals surface area contributed by atoms with E-state index in [0.717, 1.165) is 13.0 Å². The van der Waals surface area contributed by atoms with Crippen molar-refractivity contribution in [3.05, 3.63) is 0 Å². The van der Waals surface area contributed by atoms with E-state index in [1.54, 1.807) is 0 Å². The van der Waals surface area contributed by atoms with E-state index >= 15 is 0 Å². The molecule has 0 saturated carbocycles. The summed E-state index contributed by atoms with van der Waals surface area (Å²) in [5.41, 5.74) is -0.473. The lowest BCUT2D eigenvalue weighted by Gasteiger charge is -2.20. The fourth-order valence-corrected chi connectivity index (χ4v) is 1.07. The van der Waals surface area contributed by atoms with E-state index in [-0.39, 0.29) is 17.0 Å². The molecule has 0 atom stereocenters. The summed E-state index contributed by atoms with van der Waals surface area (Å²) in [6, 6.07) is 0. The van der Waals surface area contributed by atoms with E-state index in [4.69, 9.17) is 9.47 Å². The van der Waals surface area contributed by atoms with Gasteiger partial charge in [0.2, 0.25) is 5.90 Å². The fourth-order valence-electron chi connectivity index (χ4n) is 1.07. The Morgan fingerprint density at radius 2 is 2.25 bits per heavy atom. The SMILES string of the molecule is Br.CC(C)(C)OC(=O)NCC1=NCCCO1. The van der Waals surface area contributed by atoms with Crippen molar-refractivity contribution in [2.45, 2.75) is 32.8 Å². The summed E-state index contributed by atoms with van der Waals surface area (Å²) < 4.78 is 10.3. The molecule has 0 aromatic rings. The van der Waals surface area contributed by atoms with E-state index in [0.29, 0.717) is 19.0 Å². The molecule has 1 aliphatic rings. The minimum atomic E-state index is -0.473. The van der Waals surface area contributed by atoms with Crippen LogP contribution in [0.2, 0.25) is 0 Å². The minimum absolute atomic E-state index is 0. The molecule has 0 saturated heterocycles. The predicted molar refractivity (Wildman–Crippen MR) is 67.4 cm³/mol. The Hall–Kier alpha value is -0.780. The second-order valence-electron chi connectivity index (χ2n) is 4.33. The Morgan fingerprint density at radius 3 is 2.75 bits per heavy atom.